The van der Waals surface area contributed by atoms with E-state index in [1.807, 2.05) is 6.92 Å². The fourth-order valence-electron chi connectivity index (χ4n) is 1.19. The van der Waals surface area contributed by atoms with Crippen LogP contribution < -0.4 is 9.46 Å². The van der Waals surface area contributed by atoms with Crippen LogP contribution in [0.3, 0.4) is 0 Å². The smallest absolute Gasteiger partial charge is 0.240 e. The van der Waals surface area contributed by atoms with E-state index in [2.05, 4.69) is 4.72 Å². The second kappa shape index (κ2) is 6.83. The molecule has 17 heavy (non-hydrogen) atoms. The molecule has 0 fully saturated rings. The molecule has 0 spiro atoms. The van der Waals surface area contributed by atoms with Gasteiger partial charge in [0.25, 0.3) is 0 Å². The van der Waals surface area contributed by atoms with Crippen molar-refractivity contribution in [2.45, 2.75) is 18.2 Å². The van der Waals surface area contributed by atoms with Gasteiger partial charge in [0.15, 0.2) is 0 Å². The third kappa shape index (κ3) is 4.53. The van der Waals surface area contributed by atoms with Gasteiger partial charge in [0, 0.05) is 6.54 Å². The van der Waals surface area contributed by atoms with Crippen LogP contribution in [0.15, 0.2) is 29.2 Å². The Morgan fingerprint density at radius 1 is 1.29 bits per heavy atom. The molecule has 0 heterocycles. The van der Waals surface area contributed by atoms with E-state index in [9.17, 15) is 8.42 Å². The molecule has 0 aliphatic heterocycles. The molecule has 96 valence electrons. The second-order valence-corrected chi connectivity index (χ2v) is 5.55. The third-order valence-corrected chi connectivity index (χ3v) is 3.65. The lowest BCUT2D eigenvalue weighted by molar-refractivity contribution is 0.342. The van der Waals surface area contributed by atoms with E-state index in [-0.39, 0.29) is 4.90 Å². The molecule has 1 aromatic carbocycles. The molecule has 1 N–H and O–H groups in total. The lowest BCUT2D eigenvalue weighted by Gasteiger charge is -2.07. The maximum absolute atomic E-state index is 11.7. The highest BCUT2D eigenvalue weighted by Gasteiger charge is 2.12. The van der Waals surface area contributed by atoms with E-state index < -0.39 is 10.0 Å². The zero-order valence-electron chi connectivity index (χ0n) is 9.65. The highest BCUT2D eigenvalue weighted by molar-refractivity contribution is 7.89. The standard InChI is InChI=1S/C11H16ClNO3S/c1-2-8-13-17(14,15)11-5-3-10(4-6-11)16-9-7-12/h3-6,13H,2,7-9H2,1H3. The first kappa shape index (κ1) is 14.3. The van der Waals surface area contributed by atoms with Crippen molar-refractivity contribution in [3.05, 3.63) is 24.3 Å². The molecule has 1 aromatic rings. The molecular weight excluding hydrogens is 262 g/mol. The number of hydrogen-bond acceptors (Lipinski definition) is 3. The van der Waals surface area contributed by atoms with Gasteiger partial charge in [-0.2, -0.15) is 0 Å². The van der Waals surface area contributed by atoms with Crippen LogP contribution in [0.25, 0.3) is 0 Å². The van der Waals surface area contributed by atoms with Crippen LogP contribution in [0, 0.1) is 0 Å². The van der Waals surface area contributed by atoms with E-state index >= 15 is 0 Å². The van der Waals surface area contributed by atoms with E-state index in [4.69, 9.17) is 16.3 Å². The van der Waals surface area contributed by atoms with Gasteiger partial charge in [-0.1, -0.05) is 6.92 Å². The van der Waals surface area contributed by atoms with Gasteiger partial charge in [-0.15, -0.1) is 11.6 Å². The summed E-state index contributed by atoms with van der Waals surface area (Å²) in [5, 5.41) is 0. The van der Waals surface area contributed by atoms with Crippen molar-refractivity contribution in [1.29, 1.82) is 0 Å². The predicted molar refractivity (Wildman–Crippen MR) is 68.1 cm³/mol. The number of rotatable bonds is 7. The highest BCUT2D eigenvalue weighted by atomic mass is 35.5. The quantitative estimate of drug-likeness (QED) is 0.776. The Morgan fingerprint density at radius 3 is 2.47 bits per heavy atom. The molecule has 0 aromatic heterocycles. The number of sulfonamides is 1. The minimum absolute atomic E-state index is 0.240. The van der Waals surface area contributed by atoms with Gasteiger partial charge in [-0.05, 0) is 30.7 Å². The van der Waals surface area contributed by atoms with Gasteiger partial charge in [-0.3, -0.25) is 0 Å². The Hall–Kier alpha value is -0.780. The van der Waals surface area contributed by atoms with Crippen LogP contribution in [0.1, 0.15) is 13.3 Å². The molecule has 0 unspecified atom stereocenters. The van der Waals surface area contributed by atoms with Crippen LogP contribution in [-0.4, -0.2) is 27.4 Å². The normalized spacial score (nSPS) is 11.4. The molecule has 0 amide bonds. The summed E-state index contributed by atoms with van der Waals surface area (Å²) < 4.78 is 31.2. The number of hydrogen-bond donors (Lipinski definition) is 1. The Labute approximate surface area is 107 Å². The number of nitrogens with one attached hydrogen (secondary N) is 1. The molecule has 4 nitrogen and oxygen atoms in total. The Morgan fingerprint density at radius 2 is 1.94 bits per heavy atom. The average Bonchev–Trinajstić information content (AvgIpc) is 2.34. The first-order valence-corrected chi connectivity index (χ1v) is 7.40. The topological polar surface area (TPSA) is 55.4 Å². The van der Waals surface area contributed by atoms with Crippen LogP contribution in [-0.2, 0) is 10.0 Å². The minimum atomic E-state index is -3.39. The third-order valence-electron chi connectivity index (χ3n) is 2.02. The van der Waals surface area contributed by atoms with Crippen molar-refractivity contribution in [3.8, 4) is 5.75 Å². The molecule has 0 saturated heterocycles. The van der Waals surface area contributed by atoms with E-state index in [1.54, 1.807) is 12.1 Å². The summed E-state index contributed by atoms with van der Waals surface area (Å²) in [5.41, 5.74) is 0. The van der Waals surface area contributed by atoms with Crippen molar-refractivity contribution in [2.75, 3.05) is 19.0 Å². The van der Waals surface area contributed by atoms with Crippen LogP contribution in [0.2, 0.25) is 0 Å². The minimum Gasteiger partial charge on any atom is -0.492 e. The summed E-state index contributed by atoms with van der Waals surface area (Å²) in [5.74, 6) is 1.01. The molecule has 0 saturated carbocycles. The van der Waals surface area contributed by atoms with Crippen LogP contribution >= 0.6 is 11.6 Å². The largest absolute Gasteiger partial charge is 0.492 e. The van der Waals surface area contributed by atoms with Crippen molar-refractivity contribution >= 4 is 21.6 Å². The van der Waals surface area contributed by atoms with Crippen molar-refractivity contribution in [2.24, 2.45) is 0 Å². The Balaban J connectivity index is 2.73. The van der Waals surface area contributed by atoms with Crippen LogP contribution in [0.4, 0.5) is 0 Å². The monoisotopic (exact) mass is 277 g/mol. The van der Waals surface area contributed by atoms with Gasteiger partial charge in [-0.25, -0.2) is 13.1 Å². The van der Waals surface area contributed by atoms with E-state index in [1.165, 1.54) is 12.1 Å². The van der Waals surface area contributed by atoms with E-state index in [0.717, 1.165) is 6.42 Å². The molecule has 1 rings (SSSR count). The first-order chi connectivity index (χ1) is 8.10. The zero-order chi connectivity index (χ0) is 12.7. The lowest BCUT2D eigenvalue weighted by Crippen LogP contribution is -2.24. The molecule has 0 aliphatic carbocycles. The molecule has 0 aliphatic rings. The maximum atomic E-state index is 11.7. The molecule has 0 bridgehead atoms. The average molecular weight is 278 g/mol. The molecule has 0 atom stereocenters. The summed E-state index contributed by atoms with van der Waals surface area (Å²) in [6, 6.07) is 6.27. The summed E-state index contributed by atoms with van der Waals surface area (Å²) in [4.78, 5) is 0.240. The predicted octanol–water partition coefficient (Wildman–Crippen LogP) is 1.99. The van der Waals surface area contributed by atoms with Gasteiger partial charge in [0.2, 0.25) is 10.0 Å². The zero-order valence-corrected chi connectivity index (χ0v) is 11.2. The molecular formula is C11H16ClNO3S. The first-order valence-electron chi connectivity index (χ1n) is 5.38. The second-order valence-electron chi connectivity index (χ2n) is 3.41. The summed E-state index contributed by atoms with van der Waals surface area (Å²) in [6.07, 6.45) is 0.760. The molecule has 0 radical (unpaired) electrons. The Bertz CT molecular complexity index is 431. The van der Waals surface area contributed by atoms with Crippen molar-refractivity contribution in [1.82, 2.24) is 4.72 Å². The van der Waals surface area contributed by atoms with Gasteiger partial charge in [0.1, 0.15) is 12.4 Å². The number of halogens is 1. The Kier molecular flexibility index (Phi) is 5.74. The summed E-state index contributed by atoms with van der Waals surface area (Å²) in [7, 11) is -3.39. The lowest BCUT2D eigenvalue weighted by atomic mass is 10.3. The van der Waals surface area contributed by atoms with E-state index in [0.29, 0.717) is 24.8 Å². The van der Waals surface area contributed by atoms with Crippen molar-refractivity contribution in [3.63, 3.8) is 0 Å². The SMILES string of the molecule is CCCNS(=O)(=O)c1ccc(OCCCl)cc1. The van der Waals surface area contributed by atoms with Crippen LogP contribution in [0.5, 0.6) is 5.75 Å². The molecule has 6 heteroatoms. The summed E-state index contributed by atoms with van der Waals surface area (Å²) >= 11 is 5.48. The van der Waals surface area contributed by atoms with Gasteiger partial charge >= 0.3 is 0 Å². The number of ether oxygens (including phenoxy) is 1. The maximum Gasteiger partial charge on any atom is 0.240 e. The van der Waals surface area contributed by atoms with Gasteiger partial charge < -0.3 is 4.74 Å². The highest BCUT2D eigenvalue weighted by Crippen LogP contribution is 2.15. The fourth-order valence-corrected chi connectivity index (χ4v) is 2.40. The summed E-state index contributed by atoms with van der Waals surface area (Å²) in [6.45, 7) is 2.75. The van der Waals surface area contributed by atoms with Gasteiger partial charge in [0.05, 0.1) is 10.8 Å². The number of alkyl halides is 1. The number of benzene rings is 1. The fraction of sp³-hybridized carbons (Fsp3) is 0.455. The van der Waals surface area contributed by atoms with Crippen molar-refractivity contribution < 1.29 is 13.2 Å².